The molecule has 15 heavy (non-hydrogen) atoms. The molecule has 0 saturated carbocycles. The van der Waals surface area contributed by atoms with Crippen LogP contribution in [0.5, 0.6) is 0 Å². The molecule has 1 aromatic heterocycles. The zero-order valence-corrected chi connectivity index (χ0v) is 9.08. The number of rotatable bonds is 5. The Bertz CT molecular complexity index is 290. The summed E-state index contributed by atoms with van der Waals surface area (Å²) in [4.78, 5) is 7.31. The van der Waals surface area contributed by atoms with Crippen LogP contribution in [0.4, 0.5) is 0 Å². The van der Waals surface area contributed by atoms with Crippen molar-refractivity contribution in [1.82, 2.24) is 15.3 Å². The first kappa shape index (κ1) is 10.4. The van der Waals surface area contributed by atoms with E-state index in [-0.39, 0.29) is 0 Å². The number of nitrogens with one attached hydrogen (secondary N) is 2. The monoisotopic (exact) mass is 205 g/mol. The molecule has 0 spiro atoms. The first-order valence-corrected chi connectivity index (χ1v) is 5.79. The van der Waals surface area contributed by atoms with Gasteiger partial charge in [-0.25, -0.2) is 4.98 Å². The number of nitrogens with zero attached hydrogens (tertiary/aromatic N) is 1. The maximum atomic E-state index is 4.19. The summed E-state index contributed by atoms with van der Waals surface area (Å²) >= 11 is 0. The van der Waals surface area contributed by atoms with Gasteiger partial charge in [0, 0.05) is 25.4 Å². The summed E-state index contributed by atoms with van der Waals surface area (Å²) in [5, 5.41) is 3.50. The Kier molecular flexibility index (Phi) is 3.97. The van der Waals surface area contributed by atoms with Crippen molar-refractivity contribution in [3.8, 4) is 0 Å². The summed E-state index contributed by atoms with van der Waals surface area (Å²) < 4.78 is 0. The number of aromatic nitrogens is 2. The van der Waals surface area contributed by atoms with Gasteiger partial charge in [-0.1, -0.05) is 12.2 Å². The highest BCUT2D eigenvalue weighted by Crippen LogP contribution is 2.16. The molecule has 3 heteroatoms. The molecule has 0 fully saturated rings. The quantitative estimate of drug-likeness (QED) is 0.569. The van der Waals surface area contributed by atoms with Crippen LogP contribution in [-0.2, 0) is 6.42 Å². The minimum atomic E-state index is 0.839. The van der Waals surface area contributed by atoms with Crippen molar-refractivity contribution in [3.63, 3.8) is 0 Å². The Labute approximate surface area is 91.0 Å². The van der Waals surface area contributed by atoms with Gasteiger partial charge in [-0.05, 0) is 31.7 Å². The molecule has 0 amide bonds. The van der Waals surface area contributed by atoms with Gasteiger partial charge in [-0.3, -0.25) is 0 Å². The molecule has 1 unspecified atom stereocenters. The minimum absolute atomic E-state index is 0.839. The van der Waals surface area contributed by atoms with Gasteiger partial charge in [0.2, 0.25) is 0 Å². The second-order valence-electron chi connectivity index (χ2n) is 4.14. The average Bonchev–Trinajstić information content (AvgIpc) is 2.79. The smallest absolute Gasteiger partial charge is 0.107 e. The van der Waals surface area contributed by atoms with Crippen LogP contribution in [0.2, 0.25) is 0 Å². The Morgan fingerprint density at radius 2 is 2.47 bits per heavy atom. The standard InChI is InChI=1S/C12H19N3/c1-2-4-11(5-3-1)10-13-7-6-12-14-8-9-15-12/h1-2,8-9,11,13H,3-7,10H2,(H,14,15). The zero-order valence-electron chi connectivity index (χ0n) is 9.08. The lowest BCUT2D eigenvalue weighted by Crippen LogP contribution is -2.25. The van der Waals surface area contributed by atoms with Gasteiger partial charge >= 0.3 is 0 Å². The molecule has 1 aromatic rings. The predicted octanol–water partition coefficient (Wildman–Crippen LogP) is 1.90. The van der Waals surface area contributed by atoms with Crippen LogP contribution >= 0.6 is 0 Å². The van der Waals surface area contributed by atoms with E-state index < -0.39 is 0 Å². The third kappa shape index (κ3) is 3.51. The maximum Gasteiger partial charge on any atom is 0.107 e. The lowest BCUT2D eigenvalue weighted by Gasteiger charge is -2.17. The second kappa shape index (κ2) is 5.71. The zero-order chi connectivity index (χ0) is 10.3. The Hall–Kier alpha value is -1.09. The topological polar surface area (TPSA) is 40.7 Å². The van der Waals surface area contributed by atoms with Gasteiger partial charge in [-0.15, -0.1) is 0 Å². The van der Waals surface area contributed by atoms with Crippen molar-refractivity contribution in [2.75, 3.05) is 13.1 Å². The van der Waals surface area contributed by atoms with Crippen molar-refractivity contribution in [2.45, 2.75) is 25.7 Å². The van der Waals surface area contributed by atoms with Crippen LogP contribution in [0.15, 0.2) is 24.5 Å². The van der Waals surface area contributed by atoms with Gasteiger partial charge in [-0.2, -0.15) is 0 Å². The number of H-pyrrole nitrogens is 1. The Morgan fingerprint density at radius 3 is 3.20 bits per heavy atom. The molecule has 82 valence electrons. The number of imidazole rings is 1. The fourth-order valence-electron chi connectivity index (χ4n) is 1.99. The summed E-state index contributed by atoms with van der Waals surface area (Å²) in [5.41, 5.74) is 0. The molecule has 3 nitrogen and oxygen atoms in total. The number of allylic oxidation sites excluding steroid dienone is 2. The summed E-state index contributed by atoms with van der Waals surface area (Å²) in [7, 11) is 0. The Morgan fingerprint density at radius 1 is 1.47 bits per heavy atom. The molecule has 0 aliphatic heterocycles. The van der Waals surface area contributed by atoms with Gasteiger partial charge in [0.05, 0.1) is 0 Å². The highest BCUT2D eigenvalue weighted by atomic mass is 14.9. The lowest BCUT2D eigenvalue weighted by molar-refractivity contribution is 0.442. The fraction of sp³-hybridized carbons (Fsp3) is 0.583. The second-order valence-corrected chi connectivity index (χ2v) is 4.14. The normalized spacial score (nSPS) is 20.7. The number of hydrogen-bond donors (Lipinski definition) is 2. The third-order valence-corrected chi connectivity index (χ3v) is 2.90. The predicted molar refractivity (Wildman–Crippen MR) is 61.6 cm³/mol. The van der Waals surface area contributed by atoms with Gasteiger partial charge < -0.3 is 10.3 Å². The van der Waals surface area contributed by atoms with E-state index >= 15 is 0 Å². The van der Waals surface area contributed by atoms with Gasteiger partial charge in [0.15, 0.2) is 0 Å². The molecule has 0 saturated heterocycles. The minimum Gasteiger partial charge on any atom is -0.349 e. The van der Waals surface area contributed by atoms with Crippen LogP contribution in [-0.4, -0.2) is 23.1 Å². The average molecular weight is 205 g/mol. The number of aromatic amines is 1. The highest BCUT2D eigenvalue weighted by Gasteiger charge is 2.08. The van der Waals surface area contributed by atoms with Crippen LogP contribution in [0, 0.1) is 5.92 Å². The summed E-state index contributed by atoms with van der Waals surface area (Å²) in [5.74, 6) is 1.91. The summed E-state index contributed by atoms with van der Waals surface area (Å²) in [6.07, 6.45) is 13.1. The van der Waals surface area contributed by atoms with Crippen molar-refractivity contribution in [3.05, 3.63) is 30.4 Å². The van der Waals surface area contributed by atoms with E-state index in [4.69, 9.17) is 0 Å². The molecule has 0 radical (unpaired) electrons. The SMILES string of the molecule is C1=CCC(CNCCc2ncc[nH]2)CC1. The molecular weight excluding hydrogens is 186 g/mol. The van der Waals surface area contributed by atoms with Gasteiger partial charge in [0.1, 0.15) is 5.82 Å². The van der Waals surface area contributed by atoms with Crippen LogP contribution < -0.4 is 5.32 Å². The van der Waals surface area contributed by atoms with E-state index in [0.717, 1.165) is 31.3 Å². The van der Waals surface area contributed by atoms with Crippen molar-refractivity contribution in [1.29, 1.82) is 0 Å². The largest absolute Gasteiger partial charge is 0.349 e. The van der Waals surface area contributed by atoms with E-state index in [1.54, 1.807) is 6.20 Å². The fourth-order valence-corrected chi connectivity index (χ4v) is 1.99. The van der Waals surface area contributed by atoms with Crippen molar-refractivity contribution < 1.29 is 0 Å². The van der Waals surface area contributed by atoms with E-state index in [9.17, 15) is 0 Å². The summed E-state index contributed by atoms with van der Waals surface area (Å²) in [6, 6.07) is 0. The van der Waals surface area contributed by atoms with E-state index in [1.807, 2.05) is 6.20 Å². The van der Waals surface area contributed by atoms with Crippen LogP contribution in [0.25, 0.3) is 0 Å². The van der Waals surface area contributed by atoms with Crippen molar-refractivity contribution in [2.24, 2.45) is 5.92 Å². The molecular formula is C12H19N3. The van der Waals surface area contributed by atoms with Crippen LogP contribution in [0.3, 0.4) is 0 Å². The lowest BCUT2D eigenvalue weighted by atomic mass is 9.94. The third-order valence-electron chi connectivity index (χ3n) is 2.90. The Balaban J connectivity index is 1.57. The molecule has 1 atom stereocenters. The van der Waals surface area contributed by atoms with Crippen LogP contribution in [0.1, 0.15) is 25.1 Å². The first-order valence-electron chi connectivity index (χ1n) is 5.79. The summed E-state index contributed by atoms with van der Waals surface area (Å²) in [6.45, 7) is 2.17. The number of hydrogen-bond acceptors (Lipinski definition) is 2. The van der Waals surface area contributed by atoms with E-state index in [2.05, 4.69) is 27.4 Å². The molecule has 1 aliphatic rings. The molecule has 0 aromatic carbocycles. The van der Waals surface area contributed by atoms with Gasteiger partial charge in [0.25, 0.3) is 0 Å². The molecule has 1 aliphatic carbocycles. The highest BCUT2D eigenvalue weighted by molar-refractivity contribution is 4.91. The molecule has 2 rings (SSSR count). The van der Waals surface area contributed by atoms with E-state index in [1.165, 1.54) is 19.3 Å². The molecule has 2 N–H and O–H groups in total. The first-order chi connectivity index (χ1) is 7.45. The van der Waals surface area contributed by atoms with E-state index in [0.29, 0.717) is 0 Å². The molecule has 0 bridgehead atoms. The van der Waals surface area contributed by atoms with Crippen molar-refractivity contribution >= 4 is 0 Å². The molecule has 1 heterocycles. The maximum absolute atomic E-state index is 4.19.